The summed E-state index contributed by atoms with van der Waals surface area (Å²) in [6, 6.07) is 10.2. The number of nitrogens with one attached hydrogen (secondary N) is 2. The molecule has 0 spiro atoms. The third-order valence-corrected chi connectivity index (χ3v) is 3.25. The van der Waals surface area contributed by atoms with Crippen molar-refractivity contribution in [3.8, 4) is 0 Å². The maximum atomic E-state index is 11.6. The van der Waals surface area contributed by atoms with E-state index in [1.807, 2.05) is 36.1 Å². The first-order valence-electron chi connectivity index (χ1n) is 7.24. The van der Waals surface area contributed by atoms with Gasteiger partial charge in [0.05, 0.1) is 6.54 Å². The zero-order chi connectivity index (χ0) is 14.9. The second-order valence-corrected chi connectivity index (χ2v) is 5.00. The van der Waals surface area contributed by atoms with Crippen LogP contribution in [-0.4, -0.2) is 29.3 Å². The summed E-state index contributed by atoms with van der Waals surface area (Å²) >= 11 is 0. The van der Waals surface area contributed by atoms with Gasteiger partial charge in [0.15, 0.2) is 0 Å². The second-order valence-electron chi connectivity index (χ2n) is 5.00. The molecule has 0 atom stereocenters. The second kappa shape index (κ2) is 9.97. The molecule has 6 heteroatoms. The lowest BCUT2D eigenvalue weighted by atomic mass is 10.1. The van der Waals surface area contributed by atoms with Gasteiger partial charge in [0.2, 0.25) is 5.91 Å². The summed E-state index contributed by atoms with van der Waals surface area (Å²) in [5.41, 5.74) is 2.31. The molecule has 5 nitrogen and oxygen atoms in total. The standard InChI is InChI=1S/C16H22N4O.ClH/c1-17-9-2-4-16(21)18-12-14-5-7-15(8-6-14)13-20-11-3-10-19-20;/h3,5-8,10-11,17H,2,4,9,12-13H2,1H3,(H,18,21);1H. The molecular weight excluding hydrogens is 300 g/mol. The van der Waals surface area contributed by atoms with Gasteiger partial charge in [0, 0.05) is 25.4 Å². The molecule has 2 N–H and O–H groups in total. The first kappa shape index (κ1) is 18.2. The van der Waals surface area contributed by atoms with Crippen LogP contribution in [0.3, 0.4) is 0 Å². The van der Waals surface area contributed by atoms with E-state index in [1.54, 1.807) is 6.20 Å². The number of hydrogen-bond donors (Lipinski definition) is 2. The summed E-state index contributed by atoms with van der Waals surface area (Å²) in [4.78, 5) is 11.6. The largest absolute Gasteiger partial charge is 0.352 e. The van der Waals surface area contributed by atoms with E-state index in [0.29, 0.717) is 13.0 Å². The fourth-order valence-electron chi connectivity index (χ4n) is 2.06. The number of nitrogens with zero attached hydrogens (tertiary/aromatic N) is 2. The van der Waals surface area contributed by atoms with Gasteiger partial charge in [-0.05, 0) is 37.2 Å². The van der Waals surface area contributed by atoms with Gasteiger partial charge in [-0.15, -0.1) is 12.4 Å². The third kappa shape index (κ3) is 6.28. The molecule has 0 fully saturated rings. The smallest absolute Gasteiger partial charge is 0.220 e. The summed E-state index contributed by atoms with van der Waals surface area (Å²) in [5.74, 6) is 0.103. The van der Waals surface area contributed by atoms with Gasteiger partial charge in [0.25, 0.3) is 0 Å². The number of halogens is 1. The van der Waals surface area contributed by atoms with Gasteiger partial charge >= 0.3 is 0 Å². The number of rotatable bonds is 8. The van der Waals surface area contributed by atoms with Crippen LogP contribution in [0.4, 0.5) is 0 Å². The summed E-state index contributed by atoms with van der Waals surface area (Å²) in [6.45, 7) is 2.22. The van der Waals surface area contributed by atoms with Crippen LogP contribution in [0.25, 0.3) is 0 Å². The van der Waals surface area contributed by atoms with Crippen LogP contribution in [0.5, 0.6) is 0 Å². The molecule has 1 amide bonds. The van der Waals surface area contributed by atoms with E-state index in [2.05, 4.69) is 27.9 Å². The van der Waals surface area contributed by atoms with Crippen molar-refractivity contribution in [3.63, 3.8) is 0 Å². The van der Waals surface area contributed by atoms with Gasteiger partial charge in [-0.3, -0.25) is 9.48 Å². The molecule has 0 aliphatic carbocycles. The Kier molecular flexibility index (Phi) is 8.25. The molecule has 0 aliphatic heterocycles. The van der Waals surface area contributed by atoms with E-state index >= 15 is 0 Å². The van der Waals surface area contributed by atoms with E-state index in [-0.39, 0.29) is 18.3 Å². The van der Waals surface area contributed by atoms with Crippen LogP contribution < -0.4 is 10.6 Å². The third-order valence-electron chi connectivity index (χ3n) is 3.25. The zero-order valence-electron chi connectivity index (χ0n) is 12.8. The molecule has 0 saturated heterocycles. The molecular formula is C16H23ClN4O. The normalized spacial score (nSPS) is 10.0. The van der Waals surface area contributed by atoms with Crippen molar-refractivity contribution < 1.29 is 4.79 Å². The van der Waals surface area contributed by atoms with E-state index in [1.165, 1.54) is 5.56 Å². The van der Waals surface area contributed by atoms with E-state index in [9.17, 15) is 4.79 Å². The van der Waals surface area contributed by atoms with Crippen molar-refractivity contribution in [2.75, 3.05) is 13.6 Å². The molecule has 0 saturated carbocycles. The molecule has 0 bridgehead atoms. The van der Waals surface area contributed by atoms with Crippen LogP contribution in [0.2, 0.25) is 0 Å². The lowest BCUT2D eigenvalue weighted by Gasteiger charge is -2.07. The van der Waals surface area contributed by atoms with E-state index in [0.717, 1.165) is 25.1 Å². The lowest BCUT2D eigenvalue weighted by molar-refractivity contribution is -0.121. The minimum absolute atomic E-state index is 0. The van der Waals surface area contributed by atoms with Gasteiger partial charge in [0.1, 0.15) is 0 Å². The maximum Gasteiger partial charge on any atom is 0.220 e. The number of carbonyl (C=O) groups excluding carboxylic acids is 1. The van der Waals surface area contributed by atoms with Gasteiger partial charge < -0.3 is 10.6 Å². The molecule has 1 aromatic carbocycles. The number of benzene rings is 1. The van der Waals surface area contributed by atoms with Gasteiger partial charge in [-0.2, -0.15) is 5.10 Å². The van der Waals surface area contributed by atoms with Crippen LogP contribution in [0.1, 0.15) is 24.0 Å². The fourth-order valence-corrected chi connectivity index (χ4v) is 2.06. The Morgan fingerprint density at radius 2 is 1.95 bits per heavy atom. The average Bonchev–Trinajstić information content (AvgIpc) is 3.00. The summed E-state index contributed by atoms with van der Waals surface area (Å²) in [6.07, 6.45) is 5.15. The Balaban J connectivity index is 0.00000242. The van der Waals surface area contributed by atoms with Gasteiger partial charge in [-0.25, -0.2) is 0 Å². The monoisotopic (exact) mass is 322 g/mol. The molecule has 0 unspecified atom stereocenters. The van der Waals surface area contributed by atoms with Crippen molar-refractivity contribution in [1.82, 2.24) is 20.4 Å². The van der Waals surface area contributed by atoms with Crippen LogP contribution in [-0.2, 0) is 17.9 Å². The molecule has 120 valence electrons. The average molecular weight is 323 g/mol. The summed E-state index contributed by atoms with van der Waals surface area (Å²) in [5, 5.41) is 10.2. The predicted molar refractivity (Wildman–Crippen MR) is 90.0 cm³/mol. The van der Waals surface area contributed by atoms with E-state index in [4.69, 9.17) is 0 Å². The van der Waals surface area contributed by atoms with Crippen molar-refractivity contribution in [3.05, 3.63) is 53.9 Å². The van der Waals surface area contributed by atoms with Crippen molar-refractivity contribution in [1.29, 1.82) is 0 Å². The topological polar surface area (TPSA) is 59.0 Å². The first-order valence-corrected chi connectivity index (χ1v) is 7.24. The Labute approximate surface area is 137 Å². The van der Waals surface area contributed by atoms with Crippen LogP contribution in [0.15, 0.2) is 42.7 Å². The van der Waals surface area contributed by atoms with Crippen molar-refractivity contribution in [2.24, 2.45) is 0 Å². The number of hydrogen-bond acceptors (Lipinski definition) is 3. The highest BCUT2D eigenvalue weighted by Gasteiger charge is 2.01. The Hall–Kier alpha value is -1.85. The fraction of sp³-hybridized carbons (Fsp3) is 0.375. The summed E-state index contributed by atoms with van der Waals surface area (Å²) in [7, 11) is 1.89. The Bertz CT molecular complexity index is 540. The highest BCUT2D eigenvalue weighted by atomic mass is 35.5. The highest BCUT2D eigenvalue weighted by molar-refractivity contribution is 5.85. The maximum absolute atomic E-state index is 11.6. The van der Waals surface area contributed by atoms with Crippen molar-refractivity contribution in [2.45, 2.75) is 25.9 Å². The minimum Gasteiger partial charge on any atom is -0.352 e. The number of carbonyl (C=O) groups is 1. The first-order chi connectivity index (χ1) is 10.3. The molecule has 0 aliphatic rings. The molecule has 0 radical (unpaired) electrons. The van der Waals surface area contributed by atoms with Crippen LogP contribution >= 0.6 is 12.4 Å². The SMILES string of the molecule is CNCCCC(=O)NCc1ccc(Cn2cccn2)cc1.Cl. The Morgan fingerprint density at radius 1 is 1.23 bits per heavy atom. The highest BCUT2D eigenvalue weighted by Crippen LogP contribution is 2.06. The predicted octanol–water partition coefficient (Wildman–Crippen LogP) is 1.97. The molecule has 22 heavy (non-hydrogen) atoms. The van der Waals surface area contributed by atoms with E-state index < -0.39 is 0 Å². The molecule has 2 aromatic rings. The van der Waals surface area contributed by atoms with Gasteiger partial charge in [-0.1, -0.05) is 24.3 Å². The van der Waals surface area contributed by atoms with Crippen LogP contribution in [0, 0.1) is 0 Å². The number of aromatic nitrogens is 2. The summed E-state index contributed by atoms with van der Waals surface area (Å²) < 4.78 is 1.89. The molecule has 2 rings (SSSR count). The number of amides is 1. The molecule has 1 aromatic heterocycles. The van der Waals surface area contributed by atoms with Crippen molar-refractivity contribution >= 4 is 18.3 Å². The lowest BCUT2D eigenvalue weighted by Crippen LogP contribution is -2.23. The molecule has 1 heterocycles. The zero-order valence-corrected chi connectivity index (χ0v) is 13.6. The Morgan fingerprint density at radius 3 is 2.59 bits per heavy atom. The minimum atomic E-state index is 0. The quantitative estimate of drug-likeness (QED) is 0.731.